The molecule has 2 aromatic carbocycles. The number of anilines is 1. The summed E-state index contributed by atoms with van der Waals surface area (Å²) in [6, 6.07) is 10.4. The van der Waals surface area contributed by atoms with E-state index in [1.54, 1.807) is 6.07 Å². The molecular formula is C23H17F2N5O. The highest BCUT2D eigenvalue weighted by atomic mass is 19.1. The van der Waals surface area contributed by atoms with Crippen LogP contribution in [0.4, 0.5) is 14.6 Å². The molecule has 1 N–H and O–H groups in total. The molecule has 31 heavy (non-hydrogen) atoms. The number of nitriles is 1. The summed E-state index contributed by atoms with van der Waals surface area (Å²) in [6.07, 6.45) is 1.28. The van der Waals surface area contributed by atoms with Gasteiger partial charge in [0.05, 0.1) is 17.3 Å². The van der Waals surface area contributed by atoms with Crippen LogP contribution in [0.15, 0.2) is 42.6 Å². The summed E-state index contributed by atoms with van der Waals surface area (Å²) < 4.78 is 28.8. The second kappa shape index (κ2) is 7.61. The zero-order valence-corrected chi connectivity index (χ0v) is 17.0. The normalized spacial score (nSPS) is 10.8. The van der Waals surface area contributed by atoms with E-state index < -0.39 is 23.1 Å². The number of rotatable bonds is 3. The third-order valence-corrected chi connectivity index (χ3v) is 4.95. The van der Waals surface area contributed by atoms with Gasteiger partial charge in [-0.05, 0) is 62.2 Å². The summed E-state index contributed by atoms with van der Waals surface area (Å²) >= 11 is 0. The Hall–Kier alpha value is -4.12. The number of carbonyl (C=O) groups excluding carboxylic acids is 1. The Morgan fingerprint density at radius 1 is 1.10 bits per heavy atom. The van der Waals surface area contributed by atoms with E-state index in [9.17, 15) is 18.8 Å². The Morgan fingerprint density at radius 3 is 2.61 bits per heavy atom. The number of benzene rings is 2. The van der Waals surface area contributed by atoms with Crippen LogP contribution in [0.3, 0.4) is 0 Å². The van der Waals surface area contributed by atoms with Crippen molar-refractivity contribution < 1.29 is 13.6 Å². The van der Waals surface area contributed by atoms with Crippen molar-refractivity contribution in [2.45, 2.75) is 20.8 Å². The van der Waals surface area contributed by atoms with Crippen molar-refractivity contribution in [3.8, 4) is 11.9 Å². The smallest absolute Gasteiger partial charge is 0.259 e. The Morgan fingerprint density at radius 2 is 1.87 bits per heavy atom. The lowest BCUT2D eigenvalue weighted by Gasteiger charge is -2.13. The predicted molar refractivity (Wildman–Crippen MR) is 112 cm³/mol. The monoisotopic (exact) mass is 417 g/mol. The molecule has 1 amide bonds. The summed E-state index contributed by atoms with van der Waals surface area (Å²) in [6.45, 7) is 5.89. The molecule has 8 heteroatoms. The minimum absolute atomic E-state index is 0.0205. The minimum atomic E-state index is -0.903. The van der Waals surface area contributed by atoms with Gasteiger partial charge in [0, 0.05) is 5.39 Å². The number of nitrogens with zero attached hydrogens (tertiary/aromatic N) is 4. The number of carbonyl (C=O) groups is 1. The van der Waals surface area contributed by atoms with Gasteiger partial charge in [0.25, 0.3) is 5.91 Å². The third kappa shape index (κ3) is 3.62. The van der Waals surface area contributed by atoms with Gasteiger partial charge in [-0.1, -0.05) is 11.6 Å². The van der Waals surface area contributed by atoms with Gasteiger partial charge in [0.15, 0.2) is 11.6 Å². The van der Waals surface area contributed by atoms with E-state index in [4.69, 9.17) is 0 Å². The maximum Gasteiger partial charge on any atom is 0.259 e. The molecule has 0 fully saturated rings. The van der Waals surface area contributed by atoms with Gasteiger partial charge in [-0.3, -0.25) is 4.79 Å². The fourth-order valence-corrected chi connectivity index (χ4v) is 3.51. The standard InChI is InChI=1S/C23H17F2N5O/c1-12-6-14(3)21-17(7-12)13(2)8-20(28-21)30-22(15(10-26)11-27-30)29-23(31)18-9-16(24)4-5-19(18)25/h4-9,11H,1-3H3,(H,29,31). The van der Waals surface area contributed by atoms with Crippen LogP contribution in [0.25, 0.3) is 16.7 Å². The fraction of sp³-hybridized carbons (Fsp3) is 0.130. The lowest BCUT2D eigenvalue weighted by Crippen LogP contribution is -2.18. The van der Waals surface area contributed by atoms with Gasteiger partial charge in [-0.15, -0.1) is 0 Å². The summed E-state index contributed by atoms with van der Waals surface area (Å²) in [5.74, 6) is -2.13. The molecule has 0 saturated carbocycles. The van der Waals surface area contributed by atoms with Gasteiger partial charge < -0.3 is 5.32 Å². The van der Waals surface area contributed by atoms with Crippen LogP contribution in [0.5, 0.6) is 0 Å². The van der Waals surface area contributed by atoms with Crippen LogP contribution in [-0.4, -0.2) is 20.7 Å². The van der Waals surface area contributed by atoms with Gasteiger partial charge in [0.1, 0.15) is 23.3 Å². The van der Waals surface area contributed by atoms with E-state index in [0.29, 0.717) is 5.82 Å². The second-order valence-electron chi connectivity index (χ2n) is 7.28. The quantitative estimate of drug-likeness (QED) is 0.522. The Balaban J connectivity index is 1.83. The van der Waals surface area contributed by atoms with Crippen molar-refractivity contribution in [1.29, 1.82) is 5.26 Å². The van der Waals surface area contributed by atoms with Crippen molar-refractivity contribution in [3.63, 3.8) is 0 Å². The number of pyridine rings is 1. The first-order chi connectivity index (χ1) is 14.8. The molecule has 2 aromatic heterocycles. The molecule has 0 atom stereocenters. The molecule has 0 radical (unpaired) electrons. The van der Waals surface area contributed by atoms with Crippen LogP contribution >= 0.6 is 0 Å². The van der Waals surface area contributed by atoms with Gasteiger partial charge in [0.2, 0.25) is 0 Å². The Bertz CT molecular complexity index is 1400. The lowest BCUT2D eigenvalue weighted by atomic mass is 10.0. The molecule has 4 aromatic rings. The molecule has 6 nitrogen and oxygen atoms in total. The molecule has 2 heterocycles. The minimum Gasteiger partial charge on any atom is -0.305 e. The van der Waals surface area contributed by atoms with Gasteiger partial charge >= 0.3 is 0 Å². The average Bonchev–Trinajstić information content (AvgIpc) is 3.12. The van der Waals surface area contributed by atoms with Crippen LogP contribution in [0.2, 0.25) is 0 Å². The molecule has 154 valence electrons. The summed E-state index contributed by atoms with van der Waals surface area (Å²) in [7, 11) is 0. The number of hydrogen-bond donors (Lipinski definition) is 1. The van der Waals surface area contributed by atoms with Gasteiger partial charge in [-0.25, -0.2) is 13.8 Å². The first kappa shape index (κ1) is 20.2. The topological polar surface area (TPSA) is 83.6 Å². The van der Waals surface area contributed by atoms with Crippen LogP contribution < -0.4 is 5.32 Å². The molecule has 0 bridgehead atoms. The summed E-state index contributed by atoms with van der Waals surface area (Å²) in [5, 5.41) is 17.1. The van der Waals surface area contributed by atoms with E-state index in [2.05, 4.69) is 15.4 Å². The highest BCUT2D eigenvalue weighted by Gasteiger charge is 2.20. The predicted octanol–water partition coefficient (Wildman–Crippen LogP) is 4.75. The highest BCUT2D eigenvalue weighted by molar-refractivity contribution is 6.04. The molecule has 0 aliphatic rings. The SMILES string of the molecule is Cc1cc(C)c2nc(-n3ncc(C#N)c3NC(=O)c3cc(F)ccc3F)cc(C)c2c1. The zero-order valence-electron chi connectivity index (χ0n) is 17.0. The third-order valence-electron chi connectivity index (χ3n) is 4.95. The number of fused-ring (bicyclic) bond motifs is 1. The van der Waals surface area contributed by atoms with E-state index >= 15 is 0 Å². The van der Waals surface area contributed by atoms with Crippen molar-refractivity contribution >= 4 is 22.6 Å². The van der Waals surface area contributed by atoms with E-state index in [-0.39, 0.29) is 11.4 Å². The second-order valence-corrected chi connectivity index (χ2v) is 7.28. The number of amides is 1. The van der Waals surface area contributed by atoms with Crippen molar-refractivity contribution in [1.82, 2.24) is 14.8 Å². The fourth-order valence-electron chi connectivity index (χ4n) is 3.51. The molecule has 0 aliphatic heterocycles. The van der Waals surface area contributed by atoms with Crippen LogP contribution in [0, 0.1) is 43.7 Å². The van der Waals surface area contributed by atoms with Crippen molar-refractivity contribution in [3.05, 3.63) is 82.0 Å². The number of aryl methyl sites for hydroxylation is 3. The van der Waals surface area contributed by atoms with Crippen molar-refractivity contribution in [2.24, 2.45) is 0 Å². The molecule has 0 unspecified atom stereocenters. The maximum absolute atomic E-state index is 14.0. The maximum atomic E-state index is 14.0. The first-order valence-electron chi connectivity index (χ1n) is 9.42. The van der Waals surface area contributed by atoms with E-state index in [1.807, 2.05) is 39.0 Å². The van der Waals surface area contributed by atoms with E-state index in [1.165, 1.54) is 10.9 Å². The van der Waals surface area contributed by atoms with E-state index in [0.717, 1.165) is 45.8 Å². The van der Waals surface area contributed by atoms with Crippen LogP contribution in [0.1, 0.15) is 32.6 Å². The number of halogens is 2. The number of nitrogens with one attached hydrogen (secondary N) is 1. The molecular weight excluding hydrogens is 400 g/mol. The molecule has 4 rings (SSSR count). The largest absolute Gasteiger partial charge is 0.305 e. The Labute approximate surface area is 176 Å². The number of aromatic nitrogens is 3. The molecule has 0 aliphatic carbocycles. The van der Waals surface area contributed by atoms with Gasteiger partial charge in [-0.2, -0.15) is 15.0 Å². The lowest BCUT2D eigenvalue weighted by molar-refractivity contribution is 0.102. The highest BCUT2D eigenvalue weighted by Crippen LogP contribution is 2.27. The Kier molecular flexibility index (Phi) is 4.95. The first-order valence-corrected chi connectivity index (χ1v) is 9.42. The summed E-state index contributed by atoms with van der Waals surface area (Å²) in [5.41, 5.74) is 3.37. The average molecular weight is 417 g/mol. The zero-order chi connectivity index (χ0) is 22.3. The number of hydrogen-bond acceptors (Lipinski definition) is 4. The summed E-state index contributed by atoms with van der Waals surface area (Å²) in [4.78, 5) is 17.3. The molecule has 0 saturated heterocycles. The van der Waals surface area contributed by atoms with Crippen LogP contribution in [-0.2, 0) is 0 Å². The molecule has 0 spiro atoms. The van der Waals surface area contributed by atoms with Crippen molar-refractivity contribution in [2.75, 3.05) is 5.32 Å².